The van der Waals surface area contributed by atoms with Gasteiger partial charge in [0.15, 0.2) is 5.82 Å². The van der Waals surface area contributed by atoms with Crippen LogP contribution in [0.4, 0.5) is 0 Å². The first-order valence-electron chi connectivity index (χ1n) is 12.3. The number of halogens is 1. The summed E-state index contributed by atoms with van der Waals surface area (Å²) in [6, 6.07) is 14.1. The SMILES string of the molecule is Cc1sc2c(c1C)C(c1ccc(Cl)cc1)=N[C@@H](CC(=O)NCCc1ccccc1B(O)O)c1nnc(C)n1-2. The Labute approximate surface area is 230 Å². The summed E-state index contributed by atoms with van der Waals surface area (Å²) in [5.41, 5.74) is 5.06. The van der Waals surface area contributed by atoms with E-state index in [4.69, 9.17) is 16.6 Å². The number of nitrogens with zero attached hydrogens (tertiary/aromatic N) is 4. The molecule has 2 aromatic heterocycles. The van der Waals surface area contributed by atoms with E-state index in [1.54, 1.807) is 23.5 Å². The van der Waals surface area contributed by atoms with Crippen molar-refractivity contribution in [2.24, 2.45) is 4.99 Å². The maximum absolute atomic E-state index is 13.1. The first kappa shape index (κ1) is 26.3. The van der Waals surface area contributed by atoms with E-state index in [0.717, 1.165) is 38.8 Å². The fraction of sp³-hybridized carbons (Fsp3) is 0.259. The molecule has 0 saturated carbocycles. The highest BCUT2D eigenvalue weighted by Gasteiger charge is 2.32. The van der Waals surface area contributed by atoms with E-state index >= 15 is 0 Å². The molecule has 1 atom stereocenters. The lowest BCUT2D eigenvalue weighted by Crippen LogP contribution is -2.35. The summed E-state index contributed by atoms with van der Waals surface area (Å²) in [7, 11) is -1.56. The maximum atomic E-state index is 13.1. The number of nitrogens with one attached hydrogen (secondary N) is 1. The van der Waals surface area contributed by atoms with Gasteiger partial charge in [-0.3, -0.25) is 14.4 Å². The smallest absolute Gasteiger partial charge is 0.423 e. The molecule has 11 heteroatoms. The van der Waals surface area contributed by atoms with Gasteiger partial charge in [-0.1, -0.05) is 48.0 Å². The molecule has 1 aliphatic heterocycles. The molecule has 0 bridgehead atoms. The molecule has 4 aromatic rings. The van der Waals surface area contributed by atoms with Crippen molar-refractivity contribution in [2.45, 2.75) is 39.7 Å². The average Bonchev–Trinajstić information content (AvgIpc) is 3.37. The predicted octanol–water partition coefficient (Wildman–Crippen LogP) is 3.23. The van der Waals surface area contributed by atoms with Gasteiger partial charge in [0.2, 0.25) is 5.91 Å². The summed E-state index contributed by atoms with van der Waals surface area (Å²) in [6.45, 7) is 6.43. The summed E-state index contributed by atoms with van der Waals surface area (Å²) >= 11 is 7.84. The van der Waals surface area contributed by atoms with Crippen LogP contribution in [0.25, 0.3) is 5.00 Å². The molecule has 3 N–H and O–H groups in total. The van der Waals surface area contributed by atoms with Crippen LogP contribution in [0, 0.1) is 20.8 Å². The highest BCUT2D eigenvalue weighted by molar-refractivity contribution is 7.15. The van der Waals surface area contributed by atoms with Gasteiger partial charge in [0, 0.05) is 27.6 Å². The Morgan fingerprint density at radius 1 is 1.11 bits per heavy atom. The van der Waals surface area contributed by atoms with E-state index in [1.807, 2.05) is 47.9 Å². The molecule has 5 rings (SSSR count). The second kappa shape index (κ2) is 10.8. The fourth-order valence-electron chi connectivity index (χ4n) is 4.73. The van der Waals surface area contributed by atoms with E-state index in [1.165, 1.54) is 4.88 Å². The molecule has 8 nitrogen and oxygen atoms in total. The first-order chi connectivity index (χ1) is 18.2. The monoisotopic (exact) mass is 547 g/mol. The van der Waals surface area contributed by atoms with E-state index < -0.39 is 13.2 Å². The van der Waals surface area contributed by atoms with Crippen molar-refractivity contribution in [3.63, 3.8) is 0 Å². The third-order valence-corrected chi connectivity index (χ3v) is 8.23. The van der Waals surface area contributed by atoms with E-state index in [0.29, 0.717) is 29.3 Å². The number of carbonyl (C=O) groups excluding carboxylic acids is 1. The number of rotatable bonds is 7. The summed E-state index contributed by atoms with van der Waals surface area (Å²) in [5.74, 6) is 1.18. The zero-order valence-electron chi connectivity index (χ0n) is 21.3. The number of amides is 1. The molecule has 38 heavy (non-hydrogen) atoms. The molecule has 1 aliphatic rings. The van der Waals surface area contributed by atoms with Crippen molar-refractivity contribution in [3.8, 4) is 5.00 Å². The minimum Gasteiger partial charge on any atom is -0.423 e. The van der Waals surface area contributed by atoms with Crippen molar-refractivity contribution >= 4 is 47.1 Å². The Balaban J connectivity index is 1.45. The lowest BCUT2D eigenvalue weighted by atomic mass is 9.76. The first-order valence-corrected chi connectivity index (χ1v) is 13.5. The number of carbonyl (C=O) groups is 1. The highest BCUT2D eigenvalue weighted by atomic mass is 35.5. The zero-order valence-corrected chi connectivity index (χ0v) is 22.8. The highest BCUT2D eigenvalue weighted by Crippen LogP contribution is 2.39. The van der Waals surface area contributed by atoms with Gasteiger partial charge in [0.05, 0.1) is 12.1 Å². The van der Waals surface area contributed by atoms with E-state index in [2.05, 4.69) is 29.4 Å². The number of hydrogen-bond donors (Lipinski definition) is 3. The number of thiophene rings is 1. The van der Waals surface area contributed by atoms with Crippen molar-refractivity contribution in [1.82, 2.24) is 20.1 Å². The third kappa shape index (κ3) is 5.04. The number of benzene rings is 2. The Hall–Kier alpha value is -3.31. The molecule has 194 valence electrons. The van der Waals surface area contributed by atoms with Crippen LogP contribution in [0.2, 0.25) is 5.02 Å². The Morgan fingerprint density at radius 3 is 2.58 bits per heavy atom. The molecule has 0 unspecified atom stereocenters. The lowest BCUT2D eigenvalue weighted by Gasteiger charge is -2.14. The topological polar surface area (TPSA) is 113 Å². The molecule has 1 amide bonds. The predicted molar refractivity (Wildman–Crippen MR) is 151 cm³/mol. The number of fused-ring (bicyclic) bond motifs is 3. The van der Waals surface area contributed by atoms with Crippen molar-refractivity contribution < 1.29 is 14.8 Å². The number of hydrogen-bond acceptors (Lipinski definition) is 7. The van der Waals surface area contributed by atoms with Crippen LogP contribution in [0.1, 0.15) is 51.2 Å². The van der Waals surface area contributed by atoms with Crippen LogP contribution in [0.15, 0.2) is 53.5 Å². The van der Waals surface area contributed by atoms with Gasteiger partial charge in [-0.25, -0.2) is 0 Å². The van der Waals surface area contributed by atoms with E-state index in [-0.39, 0.29) is 12.3 Å². The zero-order chi connectivity index (χ0) is 27.0. The third-order valence-electron chi connectivity index (χ3n) is 6.79. The van der Waals surface area contributed by atoms with Crippen molar-refractivity contribution in [3.05, 3.63) is 92.3 Å². The number of aryl methyl sites for hydroxylation is 2. The Kier molecular flexibility index (Phi) is 7.49. The molecule has 0 aliphatic carbocycles. The quantitative estimate of drug-likeness (QED) is 0.308. The Morgan fingerprint density at radius 2 is 1.84 bits per heavy atom. The van der Waals surface area contributed by atoms with Crippen molar-refractivity contribution in [2.75, 3.05) is 6.54 Å². The van der Waals surface area contributed by atoms with Gasteiger partial charge in [0.1, 0.15) is 16.9 Å². The number of aromatic nitrogens is 3. The van der Waals surface area contributed by atoms with Crippen LogP contribution in [-0.4, -0.2) is 50.1 Å². The second-order valence-corrected chi connectivity index (χ2v) is 10.9. The molecule has 2 aromatic carbocycles. The van der Waals surface area contributed by atoms with Gasteiger partial charge in [-0.15, -0.1) is 21.5 Å². The van der Waals surface area contributed by atoms with E-state index in [9.17, 15) is 14.8 Å². The molecular weight excluding hydrogens is 521 g/mol. The molecule has 0 saturated heterocycles. The lowest BCUT2D eigenvalue weighted by molar-refractivity contribution is -0.121. The minimum absolute atomic E-state index is 0.0897. The standard InChI is InChI=1S/C27H27BClN5O3S/c1-15-16(2)38-27-24(15)25(19-8-10-20(29)11-9-19)31-22(26-33-32-17(3)34(26)27)14-23(35)30-13-12-18-6-4-5-7-21(18)28(36)37/h4-11,22,36-37H,12-14H2,1-3H3,(H,30,35)/t22-/m0/s1. The fourth-order valence-corrected chi connectivity index (χ4v) is 6.07. The molecule has 0 radical (unpaired) electrons. The molecular formula is C27H27BClN5O3S. The largest absolute Gasteiger partial charge is 0.488 e. The van der Waals surface area contributed by atoms with Crippen LogP contribution in [0.5, 0.6) is 0 Å². The maximum Gasteiger partial charge on any atom is 0.488 e. The van der Waals surface area contributed by atoms with Crippen molar-refractivity contribution in [1.29, 1.82) is 0 Å². The summed E-state index contributed by atoms with van der Waals surface area (Å²) < 4.78 is 2.02. The Bertz CT molecular complexity index is 1530. The molecule has 3 heterocycles. The summed E-state index contributed by atoms with van der Waals surface area (Å²) in [5, 5.41) is 32.6. The minimum atomic E-state index is -1.56. The summed E-state index contributed by atoms with van der Waals surface area (Å²) in [4.78, 5) is 19.4. The van der Waals surface area contributed by atoms with Crippen LogP contribution in [0.3, 0.4) is 0 Å². The molecule has 0 spiro atoms. The normalized spacial score (nSPS) is 14.4. The van der Waals surface area contributed by atoms with Crippen LogP contribution < -0.4 is 10.8 Å². The number of aliphatic imine (C=N–C) groups is 1. The van der Waals surface area contributed by atoms with Crippen LogP contribution >= 0.6 is 22.9 Å². The average molecular weight is 548 g/mol. The summed E-state index contributed by atoms with van der Waals surface area (Å²) in [6.07, 6.45) is 0.557. The van der Waals surface area contributed by atoms with Gasteiger partial charge < -0.3 is 15.4 Å². The van der Waals surface area contributed by atoms with Gasteiger partial charge in [-0.2, -0.15) is 0 Å². The van der Waals surface area contributed by atoms with Gasteiger partial charge in [0.25, 0.3) is 0 Å². The van der Waals surface area contributed by atoms with Gasteiger partial charge in [-0.05, 0) is 55.9 Å². The second-order valence-electron chi connectivity index (χ2n) is 9.28. The van der Waals surface area contributed by atoms with Crippen LogP contribution in [-0.2, 0) is 11.2 Å². The van der Waals surface area contributed by atoms with Gasteiger partial charge >= 0.3 is 7.12 Å². The molecule has 0 fully saturated rings.